The van der Waals surface area contributed by atoms with Crippen molar-refractivity contribution in [2.24, 2.45) is 0 Å². The molecule has 0 radical (unpaired) electrons. The Hall–Kier alpha value is -2.68. The van der Waals surface area contributed by atoms with Gasteiger partial charge in [0, 0.05) is 11.6 Å². The highest BCUT2D eigenvalue weighted by molar-refractivity contribution is 5.88. The summed E-state index contributed by atoms with van der Waals surface area (Å²) in [5.41, 5.74) is 0.718. The van der Waals surface area contributed by atoms with E-state index in [9.17, 15) is 10.1 Å². The third kappa shape index (κ3) is 3.66. The maximum Gasteiger partial charge on any atom is 0.330 e. The molecule has 0 atom stereocenters. The zero-order valence-electron chi connectivity index (χ0n) is 12.4. The summed E-state index contributed by atoms with van der Waals surface area (Å²) in [5, 5.41) is 9.31. The second kappa shape index (κ2) is 7.80. The van der Waals surface area contributed by atoms with Crippen LogP contribution < -0.4 is 14.2 Å². The van der Waals surface area contributed by atoms with Gasteiger partial charge in [0.1, 0.15) is 11.6 Å². The first kappa shape index (κ1) is 16.4. The van der Waals surface area contributed by atoms with Crippen LogP contribution in [-0.2, 0) is 9.53 Å². The minimum Gasteiger partial charge on any atom is -0.493 e. The van der Waals surface area contributed by atoms with Crippen molar-refractivity contribution in [3.63, 3.8) is 0 Å². The maximum absolute atomic E-state index is 11.4. The van der Waals surface area contributed by atoms with Crippen molar-refractivity contribution < 1.29 is 23.7 Å². The SMILES string of the molecule is CCOC(=O)/C=C/c1cc(OC)c(OC)c(OC)c1C#N. The van der Waals surface area contributed by atoms with Crippen molar-refractivity contribution in [2.45, 2.75) is 6.92 Å². The number of hydrogen-bond donors (Lipinski definition) is 0. The van der Waals surface area contributed by atoms with Crippen LogP contribution in [0.3, 0.4) is 0 Å². The number of methoxy groups -OCH3 is 3. The number of carbonyl (C=O) groups excluding carboxylic acids is 1. The van der Waals surface area contributed by atoms with E-state index in [1.54, 1.807) is 13.0 Å². The van der Waals surface area contributed by atoms with E-state index in [2.05, 4.69) is 0 Å². The Morgan fingerprint density at radius 1 is 1.24 bits per heavy atom. The Bertz CT molecular complexity index is 587. The van der Waals surface area contributed by atoms with Gasteiger partial charge in [-0.05, 0) is 19.1 Å². The fourth-order valence-corrected chi connectivity index (χ4v) is 1.77. The van der Waals surface area contributed by atoms with Crippen LogP contribution in [0, 0.1) is 11.3 Å². The minimum atomic E-state index is -0.491. The first-order valence-corrected chi connectivity index (χ1v) is 6.20. The second-order valence-electron chi connectivity index (χ2n) is 3.81. The van der Waals surface area contributed by atoms with E-state index < -0.39 is 5.97 Å². The highest BCUT2D eigenvalue weighted by atomic mass is 16.5. The van der Waals surface area contributed by atoms with Crippen LogP contribution in [0.1, 0.15) is 18.1 Å². The van der Waals surface area contributed by atoms with E-state index in [4.69, 9.17) is 18.9 Å². The molecule has 6 heteroatoms. The van der Waals surface area contributed by atoms with Gasteiger partial charge in [-0.3, -0.25) is 0 Å². The number of nitriles is 1. The zero-order valence-corrected chi connectivity index (χ0v) is 12.4. The Morgan fingerprint density at radius 3 is 2.38 bits per heavy atom. The molecule has 0 saturated heterocycles. The Balaban J connectivity index is 3.38. The molecule has 6 nitrogen and oxygen atoms in total. The van der Waals surface area contributed by atoms with Crippen molar-refractivity contribution in [1.29, 1.82) is 5.26 Å². The largest absolute Gasteiger partial charge is 0.493 e. The van der Waals surface area contributed by atoms with Crippen molar-refractivity contribution in [1.82, 2.24) is 0 Å². The van der Waals surface area contributed by atoms with Crippen LogP contribution >= 0.6 is 0 Å². The number of hydrogen-bond acceptors (Lipinski definition) is 6. The molecule has 0 heterocycles. The monoisotopic (exact) mass is 291 g/mol. The molecule has 0 bridgehead atoms. The molecule has 0 aliphatic heterocycles. The van der Waals surface area contributed by atoms with E-state index in [1.807, 2.05) is 6.07 Å². The minimum absolute atomic E-state index is 0.246. The van der Waals surface area contributed by atoms with Gasteiger partial charge in [0.15, 0.2) is 11.5 Å². The fraction of sp³-hybridized carbons (Fsp3) is 0.333. The second-order valence-corrected chi connectivity index (χ2v) is 3.81. The maximum atomic E-state index is 11.4. The lowest BCUT2D eigenvalue weighted by atomic mass is 10.0. The summed E-state index contributed by atoms with van der Waals surface area (Å²) in [6, 6.07) is 3.63. The van der Waals surface area contributed by atoms with Crippen LogP contribution in [0.2, 0.25) is 0 Å². The lowest BCUT2D eigenvalue weighted by Crippen LogP contribution is -2.01. The number of carbonyl (C=O) groups is 1. The van der Waals surface area contributed by atoms with Gasteiger partial charge in [-0.2, -0.15) is 5.26 Å². The predicted molar refractivity (Wildman–Crippen MR) is 76.5 cm³/mol. The Kier molecular flexibility index (Phi) is 6.08. The molecule has 0 N–H and O–H groups in total. The van der Waals surface area contributed by atoms with Crippen molar-refractivity contribution >= 4 is 12.0 Å². The van der Waals surface area contributed by atoms with Crippen molar-refractivity contribution in [3.05, 3.63) is 23.3 Å². The third-order valence-electron chi connectivity index (χ3n) is 2.66. The van der Waals surface area contributed by atoms with Gasteiger partial charge >= 0.3 is 5.97 Å². The third-order valence-corrected chi connectivity index (χ3v) is 2.66. The molecule has 112 valence electrons. The molecule has 0 saturated carbocycles. The number of esters is 1. The normalized spacial score (nSPS) is 10.0. The van der Waals surface area contributed by atoms with Crippen LogP contribution in [-0.4, -0.2) is 33.9 Å². The average Bonchev–Trinajstić information content (AvgIpc) is 2.51. The topological polar surface area (TPSA) is 77.8 Å². The molecule has 1 rings (SSSR count). The van der Waals surface area contributed by atoms with E-state index in [0.29, 0.717) is 17.1 Å². The first-order chi connectivity index (χ1) is 10.1. The number of rotatable bonds is 6. The molecule has 0 unspecified atom stereocenters. The van der Waals surface area contributed by atoms with E-state index >= 15 is 0 Å². The summed E-state index contributed by atoms with van der Waals surface area (Å²) in [4.78, 5) is 11.4. The predicted octanol–water partition coefficient (Wildman–Crippen LogP) is 2.16. The molecule has 21 heavy (non-hydrogen) atoms. The summed E-state index contributed by atoms with van der Waals surface area (Å²) in [7, 11) is 4.36. The standard InChI is InChI=1S/C15H17NO5/c1-5-21-13(17)7-6-10-8-12(18-2)15(20-4)14(19-3)11(10)9-16/h6-8H,5H2,1-4H3/b7-6+. The van der Waals surface area contributed by atoms with Gasteiger partial charge in [-0.25, -0.2) is 4.79 Å². The molecule has 0 aliphatic rings. The quantitative estimate of drug-likeness (QED) is 0.590. The number of nitrogens with zero attached hydrogens (tertiary/aromatic N) is 1. The van der Waals surface area contributed by atoms with Crippen LogP contribution in [0.4, 0.5) is 0 Å². The highest BCUT2D eigenvalue weighted by Gasteiger charge is 2.19. The fourth-order valence-electron chi connectivity index (χ4n) is 1.77. The lowest BCUT2D eigenvalue weighted by Gasteiger charge is -2.14. The molecule has 1 aromatic rings. The van der Waals surface area contributed by atoms with Gasteiger partial charge in [0.2, 0.25) is 5.75 Å². The smallest absolute Gasteiger partial charge is 0.330 e. The molecule has 0 aromatic heterocycles. The summed E-state index contributed by atoms with van der Waals surface area (Å²) < 4.78 is 20.4. The lowest BCUT2D eigenvalue weighted by molar-refractivity contribution is -0.137. The average molecular weight is 291 g/mol. The first-order valence-electron chi connectivity index (χ1n) is 6.20. The van der Waals surface area contributed by atoms with Gasteiger partial charge in [0.25, 0.3) is 0 Å². The number of benzene rings is 1. The molecule has 0 amide bonds. The van der Waals surface area contributed by atoms with Crippen LogP contribution in [0.15, 0.2) is 12.1 Å². The molecule has 0 fully saturated rings. The number of ether oxygens (including phenoxy) is 4. The van der Waals surface area contributed by atoms with Gasteiger partial charge in [0.05, 0.1) is 27.9 Å². The summed E-state index contributed by atoms with van der Waals surface area (Å²) in [6.07, 6.45) is 2.71. The highest BCUT2D eigenvalue weighted by Crippen LogP contribution is 2.42. The molecule has 0 spiro atoms. The van der Waals surface area contributed by atoms with Gasteiger partial charge < -0.3 is 18.9 Å². The van der Waals surface area contributed by atoms with Gasteiger partial charge in [-0.1, -0.05) is 0 Å². The van der Waals surface area contributed by atoms with E-state index in [1.165, 1.54) is 33.5 Å². The zero-order chi connectivity index (χ0) is 15.8. The Morgan fingerprint density at radius 2 is 1.90 bits per heavy atom. The van der Waals surface area contributed by atoms with E-state index in [-0.39, 0.29) is 17.9 Å². The van der Waals surface area contributed by atoms with E-state index in [0.717, 1.165) is 0 Å². The van der Waals surface area contributed by atoms with Gasteiger partial charge in [-0.15, -0.1) is 0 Å². The van der Waals surface area contributed by atoms with Crippen LogP contribution in [0.5, 0.6) is 17.2 Å². The van der Waals surface area contributed by atoms with Crippen molar-refractivity contribution in [3.8, 4) is 23.3 Å². The van der Waals surface area contributed by atoms with Crippen molar-refractivity contribution in [2.75, 3.05) is 27.9 Å². The molecular weight excluding hydrogens is 274 g/mol. The molecular formula is C15H17NO5. The summed E-state index contributed by atoms with van der Waals surface area (Å²) in [6.45, 7) is 2.00. The summed E-state index contributed by atoms with van der Waals surface area (Å²) in [5.74, 6) is 0.486. The molecule has 0 aliphatic carbocycles. The molecule has 1 aromatic carbocycles. The Labute approximate surface area is 123 Å². The summed E-state index contributed by atoms with van der Waals surface area (Å²) >= 11 is 0. The van der Waals surface area contributed by atoms with Crippen LogP contribution in [0.25, 0.3) is 6.08 Å².